The summed E-state index contributed by atoms with van der Waals surface area (Å²) < 4.78 is 27.8. The van der Waals surface area contributed by atoms with Crippen LogP contribution in [0.4, 0.5) is 0 Å². The lowest BCUT2D eigenvalue weighted by Crippen LogP contribution is -2.42. The number of carboxylic acids is 1. The van der Waals surface area contributed by atoms with Crippen molar-refractivity contribution in [3.05, 3.63) is 64.7 Å². The molecule has 0 heterocycles. The molecule has 0 radical (unpaired) electrons. The molecular formula is C18H21NO4S. The van der Waals surface area contributed by atoms with E-state index in [1.165, 1.54) is 0 Å². The van der Waals surface area contributed by atoms with E-state index in [2.05, 4.69) is 4.72 Å². The van der Waals surface area contributed by atoms with E-state index in [0.717, 1.165) is 11.1 Å². The first-order chi connectivity index (χ1) is 11.2. The maximum absolute atomic E-state index is 12.7. The average molecular weight is 347 g/mol. The molecule has 6 heteroatoms. The molecule has 0 aliphatic carbocycles. The predicted molar refractivity (Wildman–Crippen MR) is 92.5 cm³/mol. The van der Waals surface area contributed by atoms with Gasteiger partial charge in [-0.2, -0.15) is 4.72 Å². The number of hydrogen-bond acceptors (Lipinski definition) is 3. The fraction of sp³-hybridized carbons (Fsp3) is 0.278. The normalized spacial score (nSPS) is 12.8. The molecule has 1 atom stereocenters. The first-order valence-corrected chi connectivity index (χ1v) is 9.06. The Balaban J connectivity index is 2.33. The van der Waals surface area contributed by atoms with Crippen LogP contribution < -0.4 is 4.72 Å². The molecule has 0 saturated heterocycles. The number of rotatable bonds is 6. The molecule has 2 aromatic rings. The number of aliphatic carboxylic acids is 1. The minimum atomic E-state index is -3.93. The van der Waals surface area contributed by atoms with E-state index in [1.54, 1.807) is 50.2 Å². The van der Waals surface area contributed by atoms with E-state index >= 15 is 0 Å². The fourth-order valence-corrected chi connectivity index (χ4v) is 4.51. The molecule has 2 aromatic carbocycles. The molecule has 0 spiro atoms. The maximum Gasteiger partial charge on any atom is 0.322 e. The van der Waals surface area contributed by atoms with Gasteiger partial charge in [-0.05, 0) is 43.9 Å². The summed E-state index contributed by atoms with van der Waals surface area (Å²) in [4.78, 5) is 11.7. The molecule has 0 bridgehead atoms. The Bertz CT molecular complexity index is 822. The summed E-state index contributed by atoms with van der Waals surface area (Å²) in [5.74, 6) is -1.20. The summed E-state index contributed by atoms with van der Waals surface area (Å²) in [6, 6.07) is 11.3. The van der Waals surface area contributed by atoms with E-state index in [1.807, 2.05) is 13.0 Å². The molecule has 2 rings (SSSR count). The van der Waals surface area contributed by atoms with Gasteiger partial charge in [0.05, 0.1) is 4.90 Å². The van der Waals surface area contributed by atoms with Gasteiger partial charge in [-0.1, -0.05) is 48.0 Å². The van der Waals surface area contributed by atoms with Crippen LogP contribution >= 0.6 is 0 Å². The van der Waals surface area contributed by atoms with Crippen LogP contribution in [-0.2, 0) is 21.2 Å². The van der Waals surface area contributed by atoms with Crippen molar-refractivity contribution in [1.29, 1.82) is 0 Å². The summed E-state index contributed by atoms with van der Waals surface area (Å²) in [6.45, 7) is 5.31. The van der Waals surface area contributed by atoms with Gasteiger partial charge in [0.25, 0.3) is 0 Å². The molecule has 2 N–H and O–H groups in total. The highest BCUT2D eigenvalue weighted by atomic mass is 32.2. The number of nitrogens with one attached hydrogen (secondary N) is 1. The third kappa shape index (κ3) is 4.21. The summed E-state index contributed by atoms with van der Waals surface area (Å²) in [7, 11) is -3.93. The fourth-order valence-electron chi connectivity index (χ4n) is 2.87. The van der Waals surface area contributed by atoms with Gasteiger partial charge in [0, 0.05) is 0 Å². The van der Waals surface area contributed by atoms with Gasteiger partial charge in [0.15, 0.2) is 0 Å². The van der Waals surface area contributed by atoms with E-state index in [4.69, 9.17) is 0 Å². The largest absolute Gasteiger partial charge is 0.480 e. The highest BCUT2D eigenvalue weighted by molar-refractivity contribution is 7.89. The van der Waals surface area contributed by atoms with Crippen molar-refractivity contribution in [3.63, 3.8) is 0 Å². The Morgan fingerprint density at radius 1 is 1.08 bits per heavy atom. The van der Waals surface area contributed by atoms with Crippen LogP contribution in [0, 0.1) is 20.8 Å². The summed E-state index contributed by atoms with van der Waals surface area (Å²) >= 11 is 0. The molecule has 5 nitrogen and oxygen atoms in total. The van der Waals surface area contributed by atoms with Gasteiger partial charge in [0.1, 0.15) is 6.04 Å². The van der Waals surface area contributed by atoms with Gasteiger partial charge in [-0.3, -0.25) is 4.79 Å². The lowest BCUT2D eigenvalue weighted by molar-refractivity contribution is -0.138. The quantitative estimate of drug-likeness (QED) is 0.841. The Labute approximate surface area is 142 Å². The zero-order chi connectivity index (χ0) is 17.9. The molecule has 24 heavy (non-hydrogen) atoms. The topological polar surface area (TPSA) is 83.5 Å². The summed E-state index contributed by atoms with van der Waals surface area (Å²) in [5.41, 5.74) is 2.92. The van der Waals surface area contributed by atoms with Crippen LogP contribution in [0.25, 0.3) is 0 Å². The second kappa shape index (κ2) is 7.15. The smallest absolute Gasteiger partial charge is 0.322 e. The predicted octanol–water partition coefficient (Wildman–Crippen LogP) is 2.59. The van der Waals surface area contributed by atoms with E-state index in [9.17, 15) is 18.3 Å². The van der Waals surface area contributed by atoms with Crippen molar-refractivity contribution in [3.8, 4) is 0 Å². The third-order valence-electron chi connectivity index (χ3n) is 3.75. The van der Waals surface area contributed by atoms with E-state index < -0.39 is 22.0 Å². The van der Waals surface area contributed by atoms with E-state index in [-0.39, 0.29) is 11.3 Å². The standard InChI is InChI=1S/C18H21NO4S/c1-12-9-13(2)17(14(3)10-12)24(22,23)19-16(18(20)21)11-15-7-5-4-6-8-15/h4-10,16,19H,11H2,1-3H3,(H,20,21). The van der Waals surface area contributed by atoms with E-state index in [0.29, 0.717) is 11.1 Å². The molecule has 1 unspecified atom stereocenters. The Kier molecular flexibility index (Phi) is 5.41. The molecule has 0 aliphatic heterocycles. The van der Waals surface area contributed by atoms with Gasteiger partial charge < -0.3 is 5.11 Å². The van der Waals surface area contributed by atoms with Crippen LogP contribution in [0.3, 0.4) is 0 Å². The van der Waals surface area contributed by atoms with Crippen LogP contribution in [0.1, 0.15) is 22.3 Å². The van der Waals surface area contributed by atoms with Crippen LogP contribution in [0.15, 0.2) is 47.4 Å². The Morgan fingerprint density at radius 3 is 2.12 bits per heavy atom. The minimum Gasteiger partial charge on any atom is -0.480 e. The van der Waals surface area contributed by atoms with Gasteiger partial charge in [-0.25, -0.2) is 8.42 Å². The highest BCUT2D eigenvalue weighted by Crippen LogP contribution is 2.22. The van der Waals surface area contributed by atoms with Crippen LogP contribution in [0.2, 0.25) is 0 Å². The number of carbonyl (C=O) groups is 1. The third-order valence-corrected chi connectivity index (χ3v) is 5.53. The SMILES string of the molecule is Cc1cc(C)c(S(=O)(=O)NC(Cc2ccccc2)C(=O)O)c(C)c1. The molecule has 128 valence electrons. The zero-order valence-corrected chi connectivity index (χ0v) is 14.7. The van der Waals surface area contributed by atoms with Crippen molar-refractivity contribution in [1.82, 2.24) is 4.72 Å². The number of aryl methyl sites for hydroxylation is 3. The first-order valence-electron chi connectivity index (χ1n) is 7.57. The second-order valence-corrected chi connectivity index (χ2v) is 7.58. The number of benzene rings is 2. The van der Waals surface area contributed by atoms with Gasteiger partial charge in [-0.15, -0.1) is 0 Å². The number of hydrogen-bond donors (Lipinski definition) is 2. The monoisotopic (exact) mass is 347 g/mol. The van der Waals surface area contributed by atoms with Crippen molar-refractivity contribution in [2.24, 2.45) is 0 Å². The van der Waals surface area contributed by atoms with Crippen molar-refractivity contribution in [2.45, 2.75) is 38.1 Å². The average Bonchev–Trinajstić information content (AvgIpc) is 2.45. The van der Waals surface area contributed by atoms with Crippen LogP contribution in [0.5, 0.6) is 0 Å². The zero-order valence-electron chi connectivity index (χ0n) is 13.9. The van der Waals surface area contributed by atoms with Gasteiger partial charge in [0.2, 0.25) is 10.0 Å². The molecular weight excluding hydrogens is 326 g/mol. The maximum atomic E-state index is 12.7. The Morgan fingerprint density at radius 2 is 1.62 bits per heavy atom. The number of carboxylic acid groups (broad SMARTS) is 1. The Hall–Kier alpha value is -2.18. The molecule has 0 saturated carbocycles. The summed E-state index contributed by atoms with van der Waals surface area (Å²) in [6.07, 6.45) is 0.0827. The molecule has 0 aliphatic rings. The summed E-state index contributed by atoms with van der Waals surface area (Å²) in [5, 5.41) is 9.40. The lowest BCUT2D eigenvalue weighted by atomic mass is 10.1. The molecule has 0 amide bonds. The van der Waals surface area contributed by atoms with Crippen LogP contribution in [-0.4, -0.2) is 25.5 Å². The van der Waals surface area contributed by atoms with Crippen molar-refractivity contribution in [2.75, 3.05) is 0 Å². The minimum absolute atomic E-state index is 0.0827. The molecule has 0 aromatic heterocycles. The first kappa shape index (κ1) is 18.2. The highest BCUT2D eigenvalue weighted by Gasteiger charge is 2.28. The van der Waals surface area contributed by atoms with Crippen molar-refractivity contribution >= 4 is 16.0 Å². The van der Waals surface area contributed by atoms with Crippen molar-refractivity contribution < 1.29 is 18.3 Å². The molecule has 0 fully saturated rings. The number of sulfonamides is 1. The van der Waals surface area contributed by atoms with Gasteiger partial charge >= 0.3 is 5.97 Å². The lowest BCUT2D eigenvalue weighted by Gasteiger charge is -2.18. The second-order valence-electron chi connectivity index (χ2n) is 5.93.